The summed E-state index contributed by atoms with van der Waals surface area (Å²) in [5, 5.41) is 0. The van der Waals surface area contributed by atoms with Crippen molar-refractivity contribution in [3.63, 3.8) is 0 Å². The van der Waals surface area contributed by atoms with Crippen molar-refractivity contribution in [3.05, 3.63) is 24.3 Å². The largest absolute Gasteiger partial charge is 0.469 e. The summed E-state index contributed by atoms with van der Waals surface area (Å²) in [5.41, 5.74) is 0. The molecule has 0 spiro atoms. The van der Waals surface area contributed by atoms with E-state index < -0.39 is 0 Å². The number of unbranched alkanes of at least 4 members (excludes halogenated alkanes) is 3. The molecule has 0 aromatic heterocycles. The number of allylic oxidation sites excluding steroid dienone is 4. The summed E-state index contributed by atoms with van der Waals surface area (Å²) in [7, 11) is 1.38. The molecule has 0 fully saturated rings. The average molecular weight is 320 g/mol. The van der Waals surface area contributed by atoms with Crippen LogP contribution in [0.2, 0.25) is 0 Å². The van der Waals surface area contributed by atoms with E-state index in [1.807, 2.05) is 12.2 Å². The first-order chi connectivity index (χ1) is 11.1. The molecule has 0 radical (unpaired) electrons. The standard InChI is InChI=1S/C19H28O4/c1-3-4-5-8-16(20)13-11-15-12-14-18(21)17(15)9-6-7-10-19(22)23-2/h11-15,17H,3-10H2,1-2H3. The van der Waals surface area contributed by atoms with Gasteiger partial charge in [-0.2, -0.15) is 0 Å². The molecular weight excluding hydrogens is 292 g/mol. The van der Waals surface area contributed by atoms with Gasteiger partial charge in [0.2, 0.25) is 0 Å². The molecule has 0 saturated carbocycles. The number of ether oxygens (including phenoxy) is 1. The first-order valence-electron chi connectivity index (χ1n) is 8.58. The fourth-order valence-electron chi connectivity index (χ4n) is 2.77. The second-order valence-electron chi connectivity index (χ2n) is 6.05. The minimum Gasteiger partial charge on any atom is -0.469 e. The number of hydrogen-bond acceptors (Lipinski definition) is 4. The molecule has 0 bridgehead atoms. The summed E-state index contributed by atoms with van der Waals surface area (Å²) in [6.45, 7) is 2.11. The highest BCUT2D eigenvalue weighted by molar-refractivity contribution is 5.95. The Morgan fingerprint density at radius 2 is 1.91 bits per heavy atom. The van der Waals surface area contributed by atoms with Gasteiger partial charge in [-0.3, -0.25) is 14.4 Å². The maximum Gasteiger partial charge on any atom is 0.305 e. The number of carbonyl (C=O) groups is 3. The van der Waals surface area contributed by atoms with Gasteiger partial charge < -0.3 is 4.74 Å². The van der Waals surface area contributed by atoms with Crippen molar-refractivity contribution in [1.29, 1.82) is 0 Å². The summed E-state index contributed by atoms with van der Waals surface area (Å²) < 4.78 is 4.60. The summed E-state index contributed by atoms with van der Waals surface area (Å²) in [5.74, 6) is -0.0372. The normalized spacial score (nSPS) is 20.3. The van der Waals surface area contributed by atoms with Crippen molar-refractivity contribution < 1.29 is 19.1 Å². The van der Waals surface area contributed by atoms with E-state index in [1.165, 1.54) is 7.11 Å². The molecule has 1 rings (SSSR count). The predicted octanol–water partition coefficient (Wildman–Crippen LogP) is 3.80. The van der Waals surface area contributed by atoms with Crippen LogP contribution < -0.4 is 0 Å². The highest BCUT2D eigenvalue weighted by atomic mass is 16.5. The van der Waals surface area contributed by atoms with Gasteiger partial charge in [-0.05, 0) is 31.4 Å². The lowest BCUT2D eigenvalue weighted by atomic mass is 9.89. The van der Waals surface area contributed by atoms with Gasteiger partial charge in [0.15, 0.2) is 11.6 Å². The van der Waals surface area contributed by atoms with Gasteiger partial charge in [0, 0.05) is 24.7 Å². The van der Waals surface area contributed by atoms with Crippen LogP contribution in [-0.2, 0) is 19.1 Å². The monoisotopic (exact) mass is 320 g/mol. The Morgan fingerprint density at radius 3 is 2.61 bits per heavy atom. The molecule has 2 unspecified atom stereocenters. The maximum atomic E-state index is 11.9. The number of carbonyl (C=O) groups excluding carboxylic acids is 3. The van der Waals surface area contributed by atoms with Gasteiger partial charge in [-0.1, -0.05) is 38.3 Å². The van der Waals surface area contributed by atoms with Crippen LogP contribution in [0.1, 0.15) is 58.3 Å². The first kappa shape index (κ1) is 19.3. The van der Waals surface area contributed by atoms with Crippen molar-refractivity contribution in [2.24, 2.45) is 11.8 Å². The van der Waals surface area contributed by atoms with E-state index >= 15 is 0 Å². The zero-order valence-electron chi connectivity index (χ0n) is 14.3. The second kappa shape index (κ2) is 10.9. The van der Waals surface area contributed by atoms with Crippen molar-refractivity contribution in [1.82, 2.24) is 0 Å². The van der Waals surface area contributed by atoms with Crippen molar-refractivity contribution in [3.8, 4) is 0 Å². The molecule has 23 heavy (non-hydrogen) atoms. The quantitative estimate of drug-likeness (QED) is 0.330. The smallest absolute Gasteiger partial charge is 0.305 e. The molecular formula is C19H28O4. The van der Waals surface area contributed by atoms with Crippen molar-refractivity contribution in [2.75, 3.05) is 7.11 Å². The van der Waals surface area contributed by atoms with Crippen LogP contribution in [-0.4, -0.2) is 24.6 Å². The van der Waals surface area contributed by atoms with Crippen LogP contribution in [0.25, 0.3) is 0 Å². The summed E-state index contributed by atoms with van der Waals surface area (Å²) in [6, 6.07) is 0. The summed E-state index contributed by atoms with van der Waals surface area (Å²) in [4.78, 5) is 34.8. The molecule has 0 amide bonds. The fraction of sp³-hybridized carbons (Fsp3) is 0.632. The Kier molecular flexibility index (Phi) is 9.18. The van der Waals surface area contributed by atoms with E-state index in [2.05, 4.69) is 11.7 Å². The van der Waals surface area contributed by atoms with Gasteiger partial charge in [0.05, 0.1) is 7.11 Å². The number of rotatable bonds is 11. The molecule has 4 nitrogen and oxygen atoms in total. The second-order valence-corrected chi connectivity index (χ2v) is 6.05. The molecule has 128 valence electrons. The molecule has 2 atom stereocenters. The van der Waals surface area contributed by atoms with Crippen LogP contribution in [0.5, 0.6) is 0 Å². The minimum absolute atomic E-state index is 0.00996. The Labute approximate surface area is 139 Å². The number of ketones is 2. The molecule has 1 aliphatic rings. The van der Waals surface area contributed by atoms with Gasteiger partial charge in [-0.25, -0.2) is 0 Å². The Morgan fingerprint density at radius 1 is 1.17 bits per heavy atom. The van der Waals surface area contributed by atoms with Crippen LogP contribution >= 0.6 is 0 Å². The summed E-state index contributed by atoms with van der Waals surface area (Å²) >= 11 is 0. The lowest BCUT2D eigenvalue weighted by Crippen LogP contribution is -2.15. The molecule has 0 N–H and O–H groups in total. The molecule has 4 heteroatoms. The molecule has 0 heterocycles. The highest BCUT2D eigenvalue weighted by Crippen LogP contribution is 2.28. The van der Waals surface area contributed by atoms with E-state index in [0.29, 0.717) is 12.8 Å². The third-order valence-corrected chi connectivity index (χ3v) is 4.22. The number of hydrogen-bond donors (Lipinski definition) is 0. The third-order valence-electron chi connectivity index (χ3n) is 4.22. The molecule has 0 aromatic carbocycles. The van der Waals surface area contributed by atoms with Gasteiger partial charge in [0.1, 0.15) is 0 Å². The van der Waals surface area contributed by atoms with Crippen molar-refractivity contribution >= 4 is 17.5 Å². The Balaban J connectivity index is 2.38. The van der Waals surface area contributed by atoms with E-state index in [0.717, 1.165) is 38.5 Å². The van der Waals surface area contributed by atoms with E-state index in [9.17, 15) is 14.4 Å². The summed E-state index contributed by atoms with van der Waals surface area (Å²) in [6.07, 6.45) is 13.3. The third kappa shape index (κ3) is 7.40. The van der Waals surface area contributed by atoms with Gasteiger partial charge >= 0.3 is 5.97 Å². The Hall–Kier alpha value is -1.71. The lowest BCUT2D eigenvalue weighted by Gasteiger charge is -2.14. The topological polar surface area (TPSA) is 60.4 Å². The SMILES string of the molecule is CCCCCC(=O)C=CC1C=CC(=O)C1CCCCC(=O)OC. The van der Waals surface area contributed by atoms with Crippen LogP contribution in [0, 0.1) is 11.8 Å². The zero-order chi connectivity index (χ0) is 17.1. The molecule has 0 aromatic rings. The van der Waals surface area contributed by atoms with Crippen LogP contribution in [0.15, 0.2) is 24.3 Å². The van der Waals surface area contributed by atoms with E-state index in [4.69, 9.17) is 0 Å². The fourth-order valence-corrected chi connectivity index (χ4v) is 2.77. The Bertz CT molecular complexity index is 462. The molecule has 1 aliphatic carbocycles. The molecule has 0 saturated heterocycles. The minimum atomic E-state index is -0.213. The van der Waals surface area contributed by atoms with Gasteiger partial charge in [-0.15, -0.1) is 0 Å². The van der Waals surface area contributed by atoms with Crippen LogP contribution in [0.3, 0.4) is 0 Å². The van der Waals surface area contributed by atoms with E-state index in [1.54, 1.807) is 12.2 Å². The lowest BCUT2D eigenvalue weighted by molar-refractivity contribution is -0.140. The molecule has 0 aliphatic heterocycles. The average Bonchev–Trinajstić information content (AvgIpc) is 2.89. The van der Waals surface area contributed by atoms with Gasteiger partial charge in [0.25, 0.3) is 0 Å². The predicted molar refractivity (Wildman–Crippen MR) is 89.9 cm³/mol. The first-order valence-corrected chi connectivity index (χ1v) is 8.58. The highest BCUT2D eigenvalue weighted by Gasteiger charge is 2.27. The van der Waals surface area contributed by atoms with E-state index in [-0.39, 0.29) is 29.4 Å². The number of esters is 1. The van der Waals surface area contributed by atoms with Crippen molar-refractivity contribution in [2.45, 2.75) is 58.3 Å². The zero-order valence-corrected chi connectivity index (χ0v) is 14.3. The van der Waals surface area contributed by atoms with Crippen LogP contribution in [0.4, 0.5) is 0 Å². The maximum absolute atomic E-state index is 11.9. The number of methoxy groups -OCH3 is 1.